The van der Waals surface area contributed by atoms with Crippen molar-refractivity contribution in [2.24, 2.45) is 5.73 Å². The molecule has 1 amide bonds. The van der Waals surface area contributed by atoms with Crippen molar-refractivity contribution < 1.29 is 22.0 Å². The summed E-state index contributed by atoms with van der Waals surface area (Å²) in [4.78, 5) is 13.5. The minimum atomic E-state index is -3.72. The van der Waals surface area contributed by atoms with Gasteiger partial charge in [-0.1, -0.05) is 0 Å². The Hall–Kier alpha value is -2.23. The number of halogens is 2. The molecule has 1 aliphatic rings. The minimum absolute atomic E-state index is 0.0479. The van der Waals surface area contributed by atoms with Crippen LogP contribution in [0.4, 0.5) is 14.5 Å². The van der Waals surface area contributed by atoms with Gasteiger partial charge in [0, 0.05) is 37.8 Å². The lowest BCUT2D eigenvalue weighted by atomic mass is 9.86. The number of rotatable bonds is 4. The molecule has 0 aromatic heterocycles. The molecule has 25 heavy (non-hydrogen) atoms. The maximum absolute atomic E-state index is 13.1. The maximum Gasteiger partial charge on any atom is 0.258 e. The van der Waals surface area contributed by atoms with Crippen LogP contribution >= 0.6 is 0 Å². The van der Waals surface area contributed by atoms with E-state index in [0.717, 1.165) is 6.26 Å². The molecule has 10 heteroatoms. The first-order valence-electron chi connectivity index (χ1n) is 7.42. The van der Waals surface area contributed by atoms with Crippen LogP contribution in [0.15, 0.2) is 17.0 Å². The number of guanidine groups is 1. The zero-order valence-electron chi connectivity index (χ0n) is 14.1. The van der Waals surface area contributed by atoms with Gasteiger partial charge in [0.25, 0.3) is 11.8 Å². The van der Waals surface area contributed by atoms with E-state index in [1.807, 2.05) is 0 Å². The second-order valence-electron chi connectivity index (χ2n) is 6.30. The first-order chi connectivity index (χ1) is 11.3. The van der Waals surface area contributed by atoms with Gasteiger partial charge < -0.3 is 10.6 Å². The molecular weight excluding hydrogens is 354 g/mol. The molecule has 138 valence electrons. The van der Waals surface area contributed by atoms with Gasteiger partial charge >= 0.3 is 0 Å². The average molecular weight is 374 g/mol. The second kappa shape index (κ2) is 6.25. The molecule has 1 aromatic rings. The molecule has 7 nitrogen and oxygen atoms in total. The molecule has 1 saturated carbocycles. The molecule has 1 fully saturated rings. The molecule has 0 bridgehead atoms. The van der Waals surface area contributed by atoms with E-state index >= 15 is 0 Å². The van der Waals surface area contributed by atoms with Crippen molar-refractivity contribution >= 4 is 27.4 Å². The first kappa shape index (κ1) is 19.1. The third-order valence-corrected chi connectivity index (χ3v) is 5.32. The number of nitrogens with two attached hydrogens (primary N) is 1. The van der Waals surface area contributed by atoms with E-state index in [-0.39, 0.29) is 29.0 Å². The van der Waals surface area contributed by atoms with E-state index < -0.39 is 33.7 Å². The highest BCUT2D eigenvalue weighted by atomic mass is 32.2. The lowest BCUT2D eigenvalue weighted by Crippen LogP contribution is -2.49. The molecular formula is C15H20F2N4O3S. The van der Waals surface area contributed by atoms with Crippen LogP contribution in [0, 0.1) is 12.3 Å². The Morgan fingerprint density at radius 2 is 1.96 bits per heavy atom. The van der Waals surface area contributed by atoms with Gasteiger partial charge in [-0.2, -0.15) is 0 Å². The smallest absolute Gasteiger partial charge is 0.258 e. The molecule has 0 aliphatic heterocycles. The number of alkyl halides is 2. The molecule has 0 saturated heterocycles. The summed E-state index contributed by atoms with van der Waals surface area (Å²) in [5.41, 5.74) is 5.88. The van der Waals surface area contributed by atoms with E-state index in [1.54, 1.807) is 14.0 Å². The quantitative estimate of drug-likeness (QED) is 0.542. The second-order valence-corrected chi connectivity index (χ2v) is 8.29. The van der Waals surface area contributed by atoms with Crippen LogP contribution in [0.2, 0.25) is 0 Å². The standard InChI is InChI=1S/C15H20F2N4O3S/c1-8-4-11(21(2)9-6-15(16,17)7-9)12(25(3,23)24)5-10(8)13(22)20-14(18)19/h4-5,9H,6-7H2,1-3H3,(H4,18,19,20,22). The predicted molar refractivity (Wildman–Crippen MR) is 90.0 cm³/mol. The molecule has 0 heterocycles. The Morgan fingerprint density at radius 3 is 2.40 bits per heavy atom. The van der Waals surface area contributed by atoms with Crippen LogP contribution in [0.5, 0.6) is 0 Å². The Labute approximate surface area is 144 Å². The zero-order valence-corrected chi connectivity index (χ0v) is 14.9. The van der Waals surface area contributed by atoms with Crippen LogP contribution in [-0.4, -0.2) is 45.6 Å². The maximum atomic E-state index is 13.1. The van der Waals surface area contributed by atoms with Gasteiger partial charge in [0.1, 0.15) is 0 Å². The van der Waals surface area contributed by atoms with E-state index in [2.05, 4.69) is 5.32 Å². The van der Waals surface area contributed by atoms with E-state index in [0.29, 0.717) is 5.56 Å². The van der Waals surface area contributed by atoms with Gasteiger partial charge in [-0.15, -0.1) is 0 Å². The molecule has 0 spiro atoms. The summed E-state index contributed by atoms with van der Waals surface area (Å²) >= 11 is 0. The van der Waals surface area contributed by atoms with E-state index in [4.69, 9.17) is 11.1 Å². The molecule has 0 unspecified atom stereocenters. The summed E-state index contributed by atoms with van der Waals surface area (Å²) in [5, 5.41) is 9.20. The van der Waals surface area contributed by atoms with Crippen molar-refractivity contribution in [1.29, 1.82) is 5.41 Å². The van der Waals surface area contributed by atoms with Crippen LogP contribution in [-0.2, 0) is 9.84 Å². The van der Waals surface area contributed by atoms with E-state index in [9.17, 15) is 22.0 Å². The van der Waals surface area contributed by atoms with Gasteiger partial charge in [-0.25, -0.2) is 17.2 Å². The molecule has 1 aromatic carbocycles. The number of aryl methyl sites for hydroxylation is 1. The molecule has 0 atom stereocenters. The summed E-state index contributed by atoms with van der Waals surface area (Å²) < 4.78 is 50.6. The fourth-order valence-corrected chi connectivity index (χ4v) is 3.69. The lowest BCUT2D eigenvalue weighted by molar-refractivity contribution is -0.0849. The number of hydrogen-bond donors (Lipinski definition) is 3. The highest BCUT2D eigenvalue weighted by molar-refractivity contribution is 7.90. The number of nitrogens with zero attached hydrogens (tertiary/aromatic N) is 1. The molecule has 4 N–H and O–H groups in total. The van der Waals surface area contributed by atoms with Crippen LogP contribution in [0.1, 0.15) is 28.8 Å². The average Bonchev–Trinajstić information content (AvgIpc) is 2.41. The van der Waals surface area contributed by atoms with Crippen LogP contribution < -0.4 is 16.0 Å². The monoisotopic (exact) mass is 374 g/mol. The third-order valence-electron chi connectivity index (χ3n) is 4.19. The van der Waals surface area contributed by atoms with Gasteiger partial charge in [-0.3, -0.25) is 15.5 Å². The summed E-state index contributed by atoms with van der Waals surface area (Å²) in [7, 11) is -2.17. The number of sulfone groups is 1. The Balaban J connectivity index is 2.48. The normalized spacial score (nSPS) is 16.8. The molecule has 0 radical (unpaired) electrons. The minimum Gasteiger partial charge on any atom is -0.370 e. The van der Waals surface area contributed by atoms with Crippen molar-refractivity contribution in [3.63, 3.8) is 0 Å². The van der Waals surface area contributed by atoms with Crippen molar-refractivity contribution in [3.8, 4) is 0 Å². The predicted octanol–water partition coefficient (Wildman–Crippen LogP) is 1.26. The van der Waals surface area contributed by atoms with Gasteiger partial charge in [-0.05, 0) is 24.6 Å². The van der Waals surface area contributed by atoms with Crippen LogP contribution in [0.3, 0.4) is 0 Å². The van der Waals surface area contributed by atoms with Crippen LogP contribution in [0.25, 0.3) is 0 Å². The number of hydrogen-bond acceptors (Lipinski definition) is 5. The lowest BCUT2D eigenvalue weighted by Gasteiger charge is -2.42. The number of amides is 1. The Kier molecular flexibility index (Phi) is 4.77. The Bertz CT molecular complexity index is 831. The summed E-state index contributed by atoms with van der Waals surface area (Å²) in [6.07, 6.45) is 0.285. The van der Waals surface area contributed by atoms with E-state index in [1.165, 1.54) is 17.0 Å². The van der Waals surface area contributed by atoms with Crippen molar-refractivity contribution in [2.75, 3.05) is 18.2 Å². The highest BCUT2D eigenvalue weighted by Gasteiger charge is 2.47. The summed E-state index contributed by atoms with van der Waals surface area (Å²) in [6.45, 7) is 1.59. The number of carbonyl (C=O) groups is 1. The van der Waals surface area contributed by atoms with Gasteiger partial charge in [0.2, 0.25) is 0 Å². The van der Waals surface area contributed by atoms with Crippen molar-refractivity contribution in [3.05, 3.63) is 23.3 Å². The number of benzene rings is 1. The first-order valence-corrected chi connectivity index (χ1v) is 9.32. The SMILES string of the molecule is Cc1cc(N(C)C2CC(F)(F)C2)c(S(C)(=O)=O)cc1C(=O)NC(=N)N. The summed E-state index contributed by atoms with van der Waals surface area (Å²) in [5.74, 6) is -4.01. The van der Waals surface area contributed by atoms with Gasteiger partial charge in [0.15, 0.2) is 15.8 Å². The van der Waals surface area contributed by atoms with Crippen molar-refractivity contribution in [2.45, 2.75) is 36.6 Å². The third kappa shape index (κ3) is 4.06. The zero-order chi connectivity index (χ0) is 19.2. The summed E-state index contributed by atoms with van der Waals surface area (Å²) in [6, 6.07) is 2.18. The number of carbonyl (C=O) groups excluding carboxylic acids is 1. The number of nitrogens with one attached hydrogen (secondary N) is 2. The largest absolute Gasteiger partial charge is 0.370 e. The fourth-order valence-electron chi connectivity index (χ4n) is 2.78. The fraction of sp³-hybridized carbons (Fsp3) is 0.467. The molecule has 2 rings (SSSR count). The molecule has 1 aliphatic carbocycles. The highest BCUT2D eigenvalue weighted by Crippen LogP contribution is 2.42. The topological polar surface area (TPSA) is 116 Å². The Morgan fingerprint density at radius 1 is 1.40 bits per heavy atom. The van der Waals surface area contributed by atoms with Crippen molar-refractivity contribution in [1.82, 2.24) is 5.32 Å². The van der Waals surface area contributed by atoms with Gasteiger partial charge in [0.05, 0.1) is 10.6 Å². The number of anilines is 1.